The van der Waals surface area contributed by atoms with Gasteiger partial charge in [-0.25, -0.2) is 4.79 Å². The van der Waals surface area contributed by atoms with Crippen LogP contribution in [-0.2, 0) is 11.2 Å². The number of nitrogens with zero attached hydrogens (tertiary/aromatic N) is 2. The predicted octanol–water partition coefficient (Wildman–Crippen LogP) is 2.00. The second-order valence-corrected chi connectivity index (χ2v) is 2.50. The molecule has 12 heavy (non-hydrogen) atoms. The summed E-state index contributed by atoms with van der Waals surface area (Å²) in [5.74, 6) is 0. The van der Waals surface area contributed by atoms with Crippen LogP contribution in [0.4, 0.5) is 5.69 Å². The highest BCUT2D eigenvalue weighted by molar-refractivity contribution is 5.48. The van der Waals surface area contributed by atoms with E-state index in [2.05, 4.69) is 16.9 Å². The van der Waals surface area contributed by atoms with E-state index in [1.54, 1.807) is 12.4 Å². The number of aliphatic imine (C=N–C) groups is 1. The average molecular weight is 162 g/mol. The highest BCUT2D eigenvalue weighted by Gasteiger charge is 1.93. The van der Waals surface area contributed by atoms with Crippen molar-refractivity contribution in [2.24, 2.45) is 4.99 Å². The van der Waals surface area contributed by atoms with Gasteiger partial charge < -0.3 is 0 Å². The zero-order valence-corrected chi connectivity index (χ0v) is 6.95. The van der Waals surface area contributed by atoms with Gasteiger partial charge in [0.15, 0.2) is 0 Å². The summed E-state index contributed by atoms with van der Waals surface area (Å²) in [5.41, 5.74) is 1.69. The van der Waals surface area contributed by atoms with Gasteiger partial charge >= 0.3 is 0 Å². The first-order chi connectivity index (χ1) is 5.86. The largest absolute Gasteiger partial charge is 0.262 e. The summed E-state index contributed by atoms with van der Waals surface area (Å²) >= 11 is 0. The Labute approximate surface area is 71.2 Å². The zero-order valence-electron chi connectivity index (χ0n) is 6.95. The lowest BCUT2D eigenvalue weighted by Gasteiger charge is -1.96. The molecule has 0 fully saturated rings. The standard InChI is InChI=1S/C9H10N2O/c1-2-3-8-4-9(11-7-12)6-10-5-8/h4-6H,2-3H2,1H3. The molecule has 0 saturated heterocycles. The third-order valence-corrected chi connectivity index (χ3v) is 1.49. The van der Waals surface area contributed by atoms with Gasteiger partial charge in [-0.1, -0.05) is 13.3 Å². The number of hydrogen-bond donors (Lipinski definition) is 0. The summed E-state index contributed by atoms with van der Waals surface area (Å²) in [5, 5.41) is 0. The van der Waals surface area contributed by atoms with Crippen molar-refractivity contribution in [1.82, 2.24) is 4.98 Å². The van der Waals surface area contributed by atoms with Crippen LogP contribution in [0.2, 0.25) is 0 Å². The van der Waals surface area contributed by atoms with Crippen LogP contribution in [0.1, 0.15) is 18.9 Å². The molecule has 0 radical (unpaired) electrons. The number of rotatable bonds is 3. The van der Waals surface area contributed by atoms with Crippen LogP contribution in [0, 0.1) is 0 Å². The number of aromatic nitrogens is 1. The number of pyridine rings is 1. The van der Waals surface area contributed by atoms with Gasteiger partial charge in [-0.05, 0) is 18.1 Å². The molecular formula is C9H10N2O. The number of isocyanates is 1. The molecule has 0 aliphatic carbocycles. The smallest absolute Gasteiger partial charge is 0.240 e. The predicted molar refractivity (Wildman–Crippen MR) is 46.0 cm³/mol. The first-order valence-corrected chi connectivity index (χ1v) is 3.88. The summed E-state index contributed by atoms with van der Waals surface area (Å²) in [7, 11) is 0. The summed E-state index contributed by atoms with van der Waals surface area (Å²) in [6.45, 7) is 2.09. The number of aryl methyl sites for hydroxylation is 1. The second-order valence-electron chi connectivity index (χ2n) is 2.50. The van der Waals surface area contributed by atoms with E-state index in [9.17, 15) is 4.79 Å². The molecule has 0 aromatic carbocycles. The SMILES string of the molecule is CCCc1cncc(N=C=O)c1. The highest BCUT2D eigenvalue weighted by Crippen LogP contribution is 2.12. The lowest BCUT2D eigenvalue weighted by atomic mass is 10.2. The molecule has 1 aromatic rings. The van der Waals surface area contributed by atoms with Crippen molar-refractivity contribution >= 4 is 11.8 Å². The fraction of sp³-hybridized carbons (Fsp3) is 0.333. The molecule has 3 nitrogen and oxygen atoms in total. The van der Waals surface area contributed by atoms with E-state index in [-0.39, 0.29) is 0 Å². The molecule has 0 N–H and O–H groups in total. The Morgan fingerprint density at radius 1 is 1.58 bits per heavy atom. The Kier molecular flexibility index (Phi) is 3.17. The summed E-state index contributed by atoms with van der Waals surface area (Å²) in [6.07, 6.45) is 6.85. The minimum absolute atomic E-state index is 0.580. The van der Waals surface area contributed by atoms with E-state index < -0.39 is 0 Å². The summed E-state index contributed by atoms with van der Waals surface area (Å²) in [4.78, 5) is 17.4. The maximum atomic E-state index is 9.92. The van der Waals surface area contributed by atoms with E-state index in [0.717, 1.165) is 18.4 Å². The van der Waals surface area contributed by atoms with Crippen molar-refractivity contribution in [3.63, 3.8) is 0 Å². The van der Waals surface area contributed by atoms with Crippen molar-refractivity contribution in [2.75, 3.05) is 0 Å². The van der Waals surface area contributed by atoms with E-state index in [1.807, 2.05) is 6.07 Å². The highest BCUT2D eigenvalue weighted by atomic mass is 16.1. The molecule has 0 spiro atoms. The van der Waals surface area contributed by atoms with Crippen molar-refractivity contribution in [1.29, 1.82) is 0 Å². The Balaban J connectivity index is 2.87. The van der Waals surface area contributed by atoms with E-state index in [4.69, 9.17) is 0 Å². The van der Waals surface area contributed by atoms with E-state index >= 15 is 0 Å². The number of carbonyl (C=O) groups excluding carboxylic acids is 1. The molecule has 0 aliphatic heterocycles. The Bertz CT molecular complexity index is 303. The first-order valence-electron chi connectivity index (χ1n) is 3.88. The van der Waals surface area contributed by atoms with Crippen LogP contribution < -0.4 is 0 Å². The molecule has 0 bridgehead atoms. The fourth-order valence-electron chi connectivity index (χ4n) is 1.01. The zero-order chi connectivity index (χ0) is 8.81. The molecule has 0 saturated carbocycles. The molecule has 1 aromatic heterocycles. The normalized spacial score (nSPS) is 9.08. The lowest BCUT2D eigenvalue weighted by Crippen LogP contribution is -1.83. The summed E-state index contributed by atoms with van der Waals surface area (Å²) < 4.78 is 0. The molecule has 1 heterocycles. The Morgan fingerprint density at radius 2 is 2.42 bits per heavy atom. The minimum Gasteiger partial charge on any atom is -0.262 e. The third kappa shape index (κ3) is 2.29. The Hall–Kier alpha value is -1.47. The Morgan fingerprint density at radius 3 is 3.08 bits per heavy atom. The third-order valence-electron chi connectivity index (χ3n) is 1.49. The van der Waals surface area contributed by atoms with E-state index in [0.29, 0.717) is 5.69 Å². The van der Waals surface area contributed by atoms with Gasteiger partial charge in [-0.3, -0.25) is 4.98 Å². The monoisotopic (exact) mass is 162 g/mol. The minimum atomic E-state index is 0.580. The van der Waals surface area contributed by atoms with Gasteiger partial charge in [-0.15, -0.1) is 0 Å². The van der Waals surface area contributed by atoms with Crippen molar-refractivity contribution < 1.29 is 4.79 Å². The second kappa shape index (κ2) is 4.42. The molecule has 1 rings (SSSR count). The lowest BCUT2D eigenvalue weighted by molar-refractivity contribution is 0.565. The van der Waals surface area contributed by atoms with Crippen LogP contribution in [0.15, 0.2) is 23.5 Å². The van der Waals surface area contributed by atoms with Crippen LogP contribution in [0.3, 0.4) is 0 Å². The maximum Gasteiger partial charge on any atom is 0.240 e. The number of hydrogen-bond acceptors (Lipinski definition) is 3. The molecular weight excluding hydrogens is 152 g/mol. The first kappa shape index (κ1) is 8.62. The van der Waals surface area contributed by atoms with Crippen LogP contribution >= 0.6 is 0 Å². The van der Waals surface area contributed by atoms with Crippen LogP contribution in [0.5, 0.6) is 0 Å². The molecule has 3 heteroatoms. The molecule has 0 aliphatic rings. The van der Waals surface area contributed by atoms with Gasteiger partial charge in [0.2, 0.25) is 6.08 Å². The van der Waals surface area contributed by atoms with Gasteiger partial charge in [0.25, 0.3) is 0 Å². The molecule has 0 atom stereocenters. The van der Waals surface area contributed by atoms with Crippen molar-refractivity contribution in [3.8, 4) is 0 Å². The fourth-order valence-corrected chi connectivity index (χ4v) is 1.01. The molecule has 0 amide bonds. The molecule has 0 unspecified atom stereocenters. The van der Waals surface area contributed by atoms with Crippen LogP contribution in [-0.4, -0.2) is 11.1 Å². The van der Waals surface area contributed by atoms with Crippen molar-refractivity contribution in [2.45, 2.75) is 19.8 Å². The van der Waals surface area contributed by atoms with Crippen LogP contribution in [0.25, 0.3) is 0 Å². The van der Waals surface area contributed by atoms with Gasteiger partial charge in [-0.2, -0.15) is 4.99 Å². The van der Waals surface area contributed by atoms with Gasteiger partial charge in [0.05, 0.1) is 11.9 Å². The maximum absolute atomic E-state index is 9.92. The van der Waals surface area contributed by atoms with Gasteiger partial charge in [0.1, 0.15) is 0 Å². The summed E-state index contributed by atoms with van der Waals surface area (Å²) in [6, 6.07) is 1.85. The van der Waals surface area contributed by atoms with Gasteiger partial charge in [0, 0.05) is 6.20 Å². The topological polar surface area (TPSA) is 42.3 Å². The van der Waals surface area contributed by atoms with Crippen molar-refractivity contribution in [3.05, 3.63) is 24.0 Å². The van der Waals surface area contributed by atoms with E-state index in [1.165, 1.54) is 6.08 Å². The quantitative estimate of drug-likeness (QED) is 0.504. The average Bonchev–Trinajstić information content (AvgIpc) is 2.06. The molecule has 62 valence electrons.